The lowest BCUT2D eigenvalue weighted by atomic mass is 9.86. The minimum absolute atomic E-state index is 0.331. The second-order valence-electron chi connectivity index (χ2n) is 6.54. The van der Waals surface area contributed by atoms with E-state index < -0.39 is 29.0 Å². The molecule has 2 rings (SSSR count). The fraction of sp³-hybridized carbons (Fsp3) is 0.375. The Morgan fingerprint density at radius 3 is 2.48 bits per heavy atom. The summed E-state index contributed by atoms with van der Waals surface area (Å²) in [6.07, 6.45) is -4.06. The first-order chi connectivity index (χ1) is 11.5. The van der Waals surface area contributed by atoms with Crippen molar-refractivity contribution in [1.82, 2.24) is 10.3 Å². The summed E-state index contributed by atoms with van der Waals surface area (Å²) < 4.78 is 38.2. The van der Waals surface area contributed by atoms with E-state index in [1.54, 1.807) is 0 Å². The van der Waals surface area contributed by atoms with Gasteiger partial charge in [-0.2, -0.15) is 13.2 Å². The maximum absolute atomic E-state index is 12.7. The number of aromatic amines is 1. The first kappa shape index (κ1) is 19.0. The summed E-state index contributed by atoms with van der Waals surface area (Å²) in [6.45, 7) is 5.78. The zero-order chi connectivity index (χ0) is 18.8. The largest absolute Gasteiger partial charge is 0.417 e. The molecule has 0 radical (unpaired) electrons. The van der Waals surface area contributed by atoms with E-state index in [-0.39, 0.29) is 11.5 Å². The molecule has 0 spiro atoms. The summed E-state index contributed by atoms with van der Waals surface area (Å²) in [5, 5.41) is 6.78. The number of carbonyl (C=O) groups excluding carboxylic acids is 1. The monoisotopic (exact) mass is 373 g/mol. The van der Waals surface area contributed by atoms with Crippen molar-refractivity contribution in [3.63, 3.8) is 0 Å². The molecule has 0 saturated carbocycles. The average Bonchev–Trinajstić information content (AvgIpc) is 2.98. The van der Waals surface area contributed by atoms with Gasteiger partial charge in [0.25, 0.3) is 5.56 Å². The van der Waals surface area contributed by atoms with Crippen molar-refractivity contribution in [2.45, 2.75) is 33.0 Å². The van der Waals surface area contributed by atoms with Crippen LogP contribution in [-0.2, 0) is 6.18 Å². The van der Waals surface area contributed by atoms with E-state index >= 15 is 0 Å². The van der Waals surface area contributed by atoms with Gasteiger partial charge in [0.2, 0.25) is 0 Å². The molecule has 2 aromatic rings. The highest BCUT2D eigenvalue weighted by Gasteiger charge is 2.32. The van der Waals surface area contributed by atoms with Gasteiger partial charge in [-0.05, 0) is 22.9 Å². The second-order valence-corrected chi connectivity index (χ2v) is 7.52. The van der Waals surface area contributed by atoms with Crippen LogP contribution >= 0.6 is 11.3 Å². The number of anilines is 1. The number of nitrogens with one attached hydrogen (secondary N) is 3. The van der Waals surface area contributed by atoms with E-state index in [2.05, 4.69) is 10.6 Å². The molecule has 1 unspecified atom stereocenters. The standard InChI is InChI=1S/C16H18F3N3O2S/c1-15(2,3)12(11-5-4-6-25-11)22-14(24)21-10-7-9(16(17,18)19)8-20-13(10)23/h4-8,12H,1-3H3,(H,20,23)(H2,21,22,24). The molecule has 25 heavy (non-hydrogen) atoms. The van der Waals surface area contributed by atoms with E-state index in [0.29, 0.717) is 12.3 Å². The number of hydrogen-bond donors (Lipinski definition) is 3. The molecule has 0 bridgehead atoms. The number of halogens is 3. The topological polar surface area (TPSA) is 74.0 Å². The lowest BCUT2D eigenvalue weighted by Crippen LogP contribution is -2.39. The van der Waals surface area contributed by atoms with Gasteiger partial charge in [-0.25, -0.2) is 4.79 Å². The number of alkyl halides is 3. The third kappa shape index (κ3) is 4.85. The second kappa shape index (κ2) is 6.91. The van der Waals surface area contributed by atoms with Crippen LogP contribution in [0.5, 0.6) is 0 Å². The molecule has 0 aliphatic heterocycles. The minimum Gasteiger partial charge on any atom is -0.330 e. The Labute approximate surface area is 146 Å². The molecule has 0 saturated heterocycles. The van der Waals surface area contributed by atoms with Crippen molar-refractivity contribution >= 4 is 23.1 Å². The number of rotatable bonds is 3. The SMILES string of the molecule is CC(C)(C)C(NC(=O)Nc1cc(C(F)(F)F)c[nH]c1=O)c1cccs1. The predicted molar refractivity (Wildman–Crippen MR) is 90.7 cm³/mol. The van der Waals surface area contributed by atoms with Crippen molar-refractivity contribution in [2.75, 3.05) is 5.32 Å². The molecule has 136 valence electrons. The summed E-state index contributed by atoms with van der Waals surface area (Å²) in [4.78, 5) is 26.8. The minimum atomic E-state index is -4.62. The van der Waals surface area contributed by atoms with Crippen molar-refractivity contribution in [2.24, 2.45) is 5.41 Å². The Morgan fingerprint density at radius 1 is 1.28 bits per heavy atom. The molecule has 0 aromatic carbocycles. The summed E-state index contributed by atoms with van der Waals surface area (Å²) in [5.74, 6) is 0. The van der Waals surface area contributed by atoms with Gasteiger partial charge >= 0.3 is 12.2 Å². The molecule has 2 aromatic heterocycles. The van der Waals surface area contributed by atoms with Gasteiger partial charge in [0.15, 0.2) is 0 Å². The lowest BCUT2D eigenvalue weighted by molar-refractivity contribution is -0.137. The molecule has 2 amide bonds. The highest BCUT2D eigenvalue weighted by Crippen LogP contribution is 2.35. The summed E-state index contributed by atoms with van der Waals surface area (Å²) in [5.41, 5.74) is -2.66. The number of amides is 2. The molecule has 9 heteroatoms. The van der Waals surface area contributed by atoms with Crippen molar-refractivity contribution in [3.8, 4) is 0 Å². The highest BCUT2D eigenvalue weighted by atomic mass is 32.1. The van der Waals surface area contributed by atoms with Crippen LogP contribution < -0.4 is 16.2 Å². The number of aromatic nitrogens is 1. The third-order valence-corrected chi connectivity index (χ3v) is 4.39. The highest BCUT2D eigenvalue weighted by molar-refractivity contribution is 7.10. The van der Waals surface area contributed by atoms with Gasteiger partial charge in [-0.15, -0.1) is 11.3 Å². The van der Waals surface area contributed by atoms with Crippen molar-refractivity contribution in [3.05, 3.63) is 50.6 Å². The van der Waals surface area contributed by atoms with Crippen LogP contribution in [0, 0.1) is 5.41 Å². The quantitative estimate of drug-likeness (QED) is 0.748. The Bertz CT molecular complexity index is 792. The number of carbonyl (C=O) groups is 1. The van der Waals surface area contributed by atoms with Crippen LogP contribution in [-0.4, -0.2) is 11.0 Å². The molecule has 0 fully saturated rings. The maximum atomic E-state index is 12.7. The van der Waals surface area contributed by atoms with E-state index in [1.165, 1.54) is 11.3 Å². The predicted octanol–water partition coefficient (Wildman–Crippen LogP) is 4.36. The van der Waals surface area contributed by atoms with Gasteiger partial charge in [0.05, 0.1) is 11.6 Å². The lowest BCUT2D eigenvalue weighted by Gasteiger charge is -2.30. The molecular weight excluding hydrogens is 355 g/mol. The molecular formula is C16H18F3N3O2S. The van der Waals surface area contributed by atoms with Crippen LogP contribution in [0.25, 0.3) is 0 Å². The van der Waals surface area contributed by atoms with Gasteiger partial charge < -0.3 is 15.6 Å². The Balaban J connectivity index is 2.21. The zero-order valence-corrected chi connectivity index (χ0v) is 14.6. The summed E-state index contributed by atoms with van der Waals surface area (Å²) in [6, 6.07) is 3.19. The van der Waals surface area contributed by atoms with Gasteiger partial charge in [-0.3, -0.25) is 4.79 Å². The van der Waals surface area contributed by atoms with Gasteiger partial charge in [0.1, 0.15) is 5.69 Å². The van der Waals surface area contributed by atoms with Crippen LogP contribution in [0.2, 0.25) is 0 Å². The van der Waals surface area contributed by atoms with Gasteiger partial charge in [-0.1, -0.05) is 26.8 Å². The number of H-pyrrole nitrogens is 1. The third-order valence-electron chi connectivity index (χ3n) is 3.45. The number of thiophene rings is 1. The summed E-state index contributed by atoms with van der Waals surface area (Å²) in [7, 11) is 0. The van der Waals surface area contributed by atoms with Crippen molar-refractivity contribution < 1.29 is 18.0 Å². The first-order valence-electron chi connectivity index (χ1n) is 7.39. The smallest absolute Gasteiger partial charge is 0.330 e. The van der Waals surface area contributed by atoms with Gasteiger partial charge in [0, 0.05) is 11.1 Å². The van der Waals surface area contributed by atoms with E-state index in [0.717, 1.165) is 4.88 Å². The van der Waals surface area contributed by atoms with Crippen LogP contribution in [0.15, 0.2) is 34.6 Å². The Kier molecular flexibility index (Phi) is 5.26. The van der Waals surface area contributed by atoms with E-state index in [1.807, 2.05) is 43.3 Å². The molecule has 5 nitrogen and oxygen atoms in total. The molecule has 3 N–H and O–H groups in total. The number of urea groups is 1. The van der Waals surface area contributed by atoms with Crippen LogP contribution in [0.4, 0.5) is 23.7 Å². The Morgan fingerprint density at radius 2 is 1.96 bits per heavy atom. The maximum Gasteiger partial charge on any atom is 0.417 e. The summed E-state index contributed by atoms with van der Waals surface area (Å²) >= 11 is 1.46. The normalized spacial score (nSPS) is 13.4. The number of hydrogen-bond acceptors (Lipinski definition) is 3. The molecule has 2 heterocycles. The fourth-order valence-electron chi connectivity index (χ4n) is 2.20. The average molecular weight is 373 g/mol. The van der Waals surface area contributed by atoms with Crippen LogP contribution in [0.3, 0.4) is 0 Å². The van der Waals surface area contributed by atoms with Crippen LogP contribution in [0.1, 0.15) is 37.3 Å². The zero-order valence-electron chi connectivity index (χ0n) is 13.8. The molecule has 1 atom stereocenters. The van der Waals surface area contributed by atoms with E-state index in [9.17, 15) is 22.8 Å². The molecule has 0 aliphatic carbocycles. The Hall–Kier alpha value is -2.29. The fourth-order valence-corrected chi connectivity index (χ4v) is 3.22. The first-order valence-corrected chi connectivity index (χ1v) is 8.27. The molecule has 0 aliphatic rings. The number of pyridine rings is 1. The van der Waals surface area contributed by atoms with E-state index in [4.69, 9.17) is 0 Å². The van der Waals surface area contributed by atoms with Crippen molar-refractivity contribution in [1.29, 1.82) is 0 Å².